The van der Waals surface area contributed by atoms with E-state index < -0.39 is 5.54 Å². The predicted octanol–water partition coefficient (Wildman–Crippen LogP) is 2.63. The van der Waals surface area contributed by atoms with Gasteiger partial charge in [0.05, 0.1) is 7.11 Å². The zero-order chi connectivity index (χ0) is 24.0. The normalized spacial score (nSPS) is 22.4. The van der Waals surface area contributed by atoms with Crippen LogP contribution in [-0.2, 0) is 16.0 Å². The summed E-state index contributed by atoms with van der Waals surface area (Å²) in [5.41, 5.74) is -0.152. The van der Waals surface area contributed by atoms with Gasteiger partial charge in [0.15, 0.2) is 0 Å². The van der Waals surface area contributed by atoms with Gasteiger partial charge in [0.2, 0.25) is 17.8 Å². The van der Waals surface area contributed by atoms with Gasteiger partial charge >= 0.3 is 0 Å². The summed E-state index contributed by atoms with van der Waals surface area (Å²) in [5, 5.41) is 6.08. The molecule has 2 aliphatic heterocycles. The van der Waals surface area contributed by atoms with E-state index in [9.17, 15) is 14.0 Å². The number of rotatable bonds is 9. The first-order valence-corrected chi connectivity index (χ1v) is 11.9. The molecule has 0 unspecified atom stereocenters. The zero-order valence-corrected chi connectivity index (χ0v) is 19.6. The first-order valence-electron chi connectivity index (χ1n) is 11.9. The Kier molecular flexibility index (Phi) is 7.59. The van der Waals surface area contributed by atoms with Crippen LogP contribution in [0.15, 0.2) is 36.7 Å². The van der Waals surface area contributed by atoms with Gasteiger partial charge in [-0.15, -0.1) is 0 Å². The summed E-state index contributed by atoms with van der Waals surface area (Å²) in [6.07, 6.45) is 7.55. The van der Waals surface area contributed by atoms with Crippen LogP contribution < -0.4 is 20.3 Å². The Balaban J connectivity index is 1.31. The van der Waals surface area contributed by atoms with E-state index in [-0.39, 0.29) is 24.1 Å². The minimum Gasteiger partial charge on any atom is -0.497 e. The van der Waals surface area contributed by atoms with Crippen molar-refractivity contribution in [3.8, 4) is 5.75 Å². The topological polar surface area (TPSA) is 96.4 Å². The van der Waals surface area contributed by atoms with Gasteiger partial charge in [-0.1, -0.05) is 0 Å². The largest absolute Gasteiger partial charge is 0.497 e. The van der Waals surface area contributed by atoms with Crippen molar-refractivity contribution in [3.05, 3.63) is 48.0 Å². The van der Waals surface area contributed by atoms with Crippen LogP contribution in [0, 0.1) is 11.7 Å². The van der Waals surface area contributed by atoms with Crippen LogP contribution in [0.4, 0.5) is 10.3 Å². The van der Waals surface area contributed by atoms with E-state index in [1.807, 2.05) is 0 Å². The first kappa shape index (κ1) is 23.9. The molecule has 2 saturated heterocycles. The number of piperidine rings is 1. The van der Waals surface area contributed by atoms with Crippen molar-refractivity contribution in [3.63, 3.8) is 0 Å². The van der Waals surface area contributed by atoms with Gasteiger partial charge in [0.25, 0.3) is 0 Å². The molecule has 4 rings (SSSR count). The Labute approximate surface area is 199 Å². The quantitative estimate of drug-likeness (QED) is 0.586. The second kappa shape index (κ2) is 10.8. The average Bonchev–Trinajstić information content (AvgIpc) is 3.24. The molecule has 3 heterocycles. The molecule has 34 heavy (non-hydrogen) atoms. The molecular weight excluding hydrogens is 437 g/mol. The lowest BCUT2D eigenvalue weighted by Gasteiger charge is -2.33. The summed E-state index contributed by atoms with van der Waals surface area (Å²) >= 11 is 0. The van der Waals surface area contributed by atoms with Crippen LogP contribution >= 0.6 is 0 Å². The number of ether oxygens (including phenoxy) is 1. The summed E-state index contributed by atoms with van der Waals surface area (Å²) in [6, 6.07) is 6.40. The smallest absolute Gasteiger partial charge is 0.225 e. The number of amides is 2. The molecule has 2 N–H and O–H groups in total. The highest BCUT2D eigenvalue weighted by Crippen LogP contribution is 2.31. The van der Waals surface area contributed by atoms with Crippen LogP contribution in [0.5, 0.6) is 5.75 Å². The Hall–Kier alpha value is -3.23. The van der Waals surface area contributed by atoms with Gasteiger partial charge in [-0.25, -0.2) is 14.4 Å². The summed E-state index contributed by atoms with van der Waals surface area (Å²) in [5.74, 6) is 1.16. The second-order valence-electron chi connectivity index (χ2n) is 9.27. The lowest BCUT2D eigenvalue weighted by Crippen LogP contribution is -2.45. The lowest BCUT2D eigenvalue weighted by molar-refractivity contribution is -0.123. The van der Waals surface area contributed by atoms with Crippen molar-refractivity contribution in [1.29, 1.82) is 0 Å². The van der Waals surface area contributed by atoms with Crippen molar-refractivity contribution in [2.24, 2.45) is 5.92 Å². The summed E-state index contributed by atoms with van der Waals surface area (Å²) < 4.78 is 19.7. The highest BCUT2D eigenvalue weighted by molar-refractivity contribution is 5.80. The van der Waals surface area contributed by atoms with E-state index in [2.05, 4.69) is 25.5 Å². The van der Waals surface area contributed by atoms with Crippen molar-refractivity contribution in [2.45, 2.75) is 50.5 Å². The molecule has 0 spiro atoms. The van der Waals surface area contributed by atoms with Crippen LogP contribution in [0.1, 0.15) is 44.1 Å². The van der Waals surface area contributed by atoms with Crippen molar-refractivity contribution in [1.82, 2.24) is 20.6 Å². The fourth-order valence-corrected chi connectivity index (χ4v) is 4.93. The fraction of sp³-hybridized carbons (Fsp3) is 0.520. The molecule has 9 heteroatoms. The summed E-state index contributed by atoms with van der Waals surface area (Å²) in [4.78, 5) is 35.5. The van der Waals surface area contributed by atoms with Crippen LogP contribution in [0.25, 0.3) is 0 Å². The van der Waals surface area contributed by atoms with Gasteiger partial charge in [-0.2, -0.15) is 0 Å². The van der Waals surface area contributed by atoms with Gasteiger partial charge in [0.1, 0.15) is 11.6 Å². The van der Waals surface area contributed by atoms with Crippen molar-refractivity contribution in [2.75, 3.05) is 31.6 Å². The lowest BCUT2D eigenvalue weighted by atomic mass is 9.84. The molecule has 182 valence electrons. The number of hydrogen-bond donors (Lipinski definition) is 2. The molecule has 1 aromatic carbocycles. The number of anilines is 1. The third-order valence-electron chi connectivity index (χ3n) is 6.79. The predicted molar refractivity (Wildman–Crippen MR) is 126 cm³/mol. The number of aromatic nitrogens is 2. The molecule has 2 atom stereocenters. The van der Waals surface area contributed by atoms with Crippen LogP contribution in [0.3, 0.4) is 0 Å². The van der Waals surface area contributed by atoms with Crippen molar-refractivity contribution >= 4 is 17.8 Å². The van der Waals surface area contributed by atoms with Gasteiger partial charge < -0.3 is 20.3 Å². The summed E-state index contributed by atoms with van der Waals surface area (Å²) in [6.45, 7) is 2.31. The third kappa shape index (κ3) is 6.01. The molecule has 2 fully saturated rings. The SMILES string of the molecule is COc1ccc(F)c(C[C@@]2(CCC(=O)NC[C@@H]3CCCN(c4ncccn4)C3)CCC(=O)N2)c1. The third-order valence-corrected chi connectivity index (χ3v) is 6.79. The number of carbonyl (C=O) groups is 2. The molecule has 2 aliphatic rings. The Morgan fingerprint density at radius 2 is 2.18 bits per heavy atom. The minimum atomic E-state index is -0.631. The average molecular weight is 470 g/mol. The number of carbonyl (C=O) groups excluding carboxylic acids is 2. The Bertz CT molecular complexity index is 1010. The number of nitrogens with one attached hydrogen (secondary N) is 2. The van der Waals surface area contributed by atoms with E-state index in [4.69, 9.17) is 4.74 Å². The molecule has 0 saturated carbocycles. The fourth-order valence-electron chi connectivity index (χ4n) is 4.93. The standard InChI is InChI=1S/C25H32FN5O3/c1-34-20-5-6-21(26)19(14-20)15-25(10-8-23(33)30-25)9-7-22(32)29-16-18-4-2-13-31(17-18)24-27-11-3-12-28-24/h3,5-6,11-12,14,18H,2,4,7-10,13,15-17H2,1H3,(H,29,32)(H,30,33)/t18-,25+/m0/s1. The van der Waals surface area contributed by atoms with Crippen molar-refractivity contribution < 1.29 is 18.7 Å². The zero-order valence-electron chi connectivity index (χ0n) is 19.6. The molecule has 0 aliphatic carbocycles. The number of benzene rings is 1. The maximum atomic E-state index is 14.4. The monoisotopic (exact) mass is 469 g/mol. The maximum Gasteiger partial charge on any atom is 0.225 e. The molecular formula is C25H32FN5O3. The number of nitrogens with zero attached hydrogens (tertiary/aromatic N) is 3. The van der Waals surface area contributed by atoms with Crippen LogP contribution in [-0.4, -0.2) is 54.1 Å². The van der Waals surface area contributed by atoms with Crippen LogP contribution in [0.2, 0.25) is 0 Å². The molecule has 0 bridgehead atoms. The summed E-state index contributed by atoms with van der Waals surface area (Å²) in [7, 11) is 1.53. The van der Waals surface area contributed by atoms with E-state index in [0.29, 0.717) is 49.5 Å². The number of halogens is 1. The molecule has 8 nitrogen and oxygen atoms in total. The molecule has 2 amide bonds. The molecule has 1 aromatic heterocycles. The van der Waals surface area contributed by atoms with E-state index in [0.717, 1.165) is 31.9 Å². The minimum absolute atomic E-state index is 0.0558. The van der Waals surface area contributed by atoms with E-state index in [1.54, 1.807) is 30.6 Å². The van der Waals surface area contributed by atoms with E-state index in [1.165, 1.54) is 13.2 Å². The highest BCUT2D eigenvalue weighted by Gasteiger charge is 2.38. The maximum absolute atomic E-state index is 14.4. The number of methoxy groups -OCH3 is 1. The Morgan fingerprint density at radius 3 is 2.91 bits per heavy atom. The molecule has 2 aromatic rings. The highest BCUT2D eigenvalue weighted by atomic mass is 19.1. The molecule has 0 radical (unpaired) electrons. The second-order valence-corrected chi connectivity index (χ2v) is 9.27. The van der Waals surface area contributed by atoms with E-state index >= 15 is 0 Å². The first-order chi connectivity index (χ1) is 16.5. The Morgan fingerprint density at radius 1 is 1.35 bits per heavy atom. The van der Waals surface area contributed by atoms with Gasteiger partial charge in [-0.3, -0.25) is 9.59 Å². The van der Waals surface area contributed by atoms with Gasteiger partial charge in [-0.05, 0) is 67.9 Å². The van der Waals surface area contributed by atoms with Gasteiger partial charge in [0, 0.05) is 50.4 Å². The number of hydrogen-bond acceptors (Lipinski definition) is 6.